The van der Waals surface area contributed by atoms with Crippen molar-refractivity contribution in [2.24, 2.45) is 11.8 Å². The topological polar surface area (TPSA) is 75.0 Å². The van der Waals surface area contributed by atoms with Crippen LogP contribution in [-0.2, 0) is 4.79 Å². The molecule has 2 atom stereocenters. The fourth-order valence-corrected chi connectivity index (χ4v) is 4.60. The molecule has 8 heteroatoms. The van der Waals surface area contributed by atoms with Crippen molar-refractivity contribution >= 4 is 22.6 Å². The van der Waals surface area contributed by atoms with Crippen LogP contribution in [0.5, 0.6) is 0 Å². The molecule has 1 N–H and O–H groups in total. The van der Waals surface area contributed by atoms with E-state index in [9.17, 15) is 4.79 Å². The molecule has 2 aliphatic rings. The van der Waals surface area contributed by atoms with Gasteiger partial charge in [0, 0.05) is 22.9 Å². The second-order valence-corrected chi connectivity index (χ2v) is 8.31. The van der Waals surface area contributed by atoms with Crippen LogP contribution in [0, 0.1) is 30.4 Å². The van der Waals surface area contributed by atoms with E-state index < -0.39 is 23.6 Å². The molecule has 3 heterocycles. The van der Waals surface area contributed by atoms with Crippen molar-refractivity contribution in [3.63, 3.8) is 0 Å². The van der Waals surface area contributed by atoms with E-state index in [2.05, 4.69) is 15.1 Å². The number of hydrogen-bond donors (Lipinski definition) is 1. The number of carbonyl (C=O) groups excluding carboxylic acids is 1. The number of nitrogens with zero attached hydrogens (tertiary/aromatic N) is 3. The Morgan fingerprint density at radius 2 is 1.90 bits per heavy atom. The van der Waals surface area contributed by atoms with Gasteiger partial charge in [-0.3, -0.25) is 4.79 Å². The minimum Gasteiger partial charge on any atom is -0.356 e. The van der Waals surface area contributed by atoms with Gasteiger partial charge < -0.3 is 14.4 Å². The maximum atomic E-state index is 15.3. The Morgan fingerprint density at radius 3 is 2.58 bits per heavy atom. The average molecular weight is 420 g/mol. The summed E-state index contributed by atoms with van der Waals surface area (Å²) >= 11 is 0. The lowest BCUT2D eigenvalue weighted by molar-refractivity contribution is -0.131. The fraction of sp³-hybridized carbons (Fsp3) is 0.261. The number of hydrogen-bond acceptors (Lipinski definition) is 4. The van der Waals surface area contributed by atoms with Gasteiger partial charge in [-0.25, -0.2) is 13.8 Å². The zero-order valence-electron chi connectivity index (χ0n) is 16.6. The number of anilines is 1. The molecule has 2 fully saturated rings. The number of amides is 1. The molecule has 6 rings (SSSR count). The number of halogens is 2. The number of rotatable bonds is 4. The molecule has 1 saturated heterocycles. The Balaban J connectivity index is 1.44. The van der Waals surface area contributed by atoms with Crippen LogP contribution in [0.4, 0.5) is 14.5 Å². The van der Waals surface area contributed by atoms with Crippen LogP contribution in [0.3, 0.4) is 0 Å². The van der Waals surface area contributed by atoms with Crippen LogP contribution in [0.25, 0.3) is 22.4 Å². The van der Waals surface area contributed by atoms with Crippen molar-refractivity contribution < 1.29 is 18.1 Å². The van der Waals surface area contributed by atoms with E-state index in [0.717, 1.165) is 23.9 Å². The van der Waals surface area contributed by atoms with E-state index in [1.54, 1.807) is 37.5 Å². The maximum absolute atomic E-state index is 15.3. The summed E-state index contributed by atoms with van der Waals surface area (Å²) in [5, 5.41) is 3.78. The summed E-state index contributed by atoms with van der Waals surface area (Å²) in [4.78, 5) is 21.8. The van der Waals surface area contributed by atoms with E-state index in [4.69, 9.17) is 4.52 Å². The predicted octanol–water partition coefficient (Wildman–Crippen LogP) is 4.92. The molecule has 6 nitrogen and oxygen atoms in total. The van der Waals surface area contributed by atoms with Gasteiger partial charge in [0.1, 0.15) is 11.6 Å². The molecule has 1 aliphatic heterocycles. The predicted molar refractivity (Wildman–Crippen MR) is 109 cm³/mol. The number of aryl methyl sites for hydroxylation is 1. The highest BCUT2D eigenvalue weighted by Crippen LogP contribution is 2.55. The smallest absolute Gasteiger partial charge is 0.233 e. The first-order chi connectivity index (χ1) is 15.0. The third-order valence-corrected chi connectivity index (χ3v) is 6.24. The number of fused-ring (bicyclic) bond motifs is 1. The van der Waals surface area contributed by atoms with Crippen molar-refractivity contribution in [3.05, 3.63) is 65.6 Å². The quantitative estimate of drug-likeness (QED) is 0.476. The second-order valence-electron chi connectivity index (χ2n) is 8.31. The number of benzene rings is 2. The summed E-state index contributed by atoms with van der Waals surface area (Å²) in [5.74, 6) is -1.44. The fourth-order valence-electron chi connectivity index (χ4n) is 4.60. The van der Waals surface area contributed by atoms with Crippen LogP contribution < -0.4 is 4.90 Å². The Kier molecular flexibility index (Phi) is 3.81. The zero-order valence-corrected chi connectivity index (χ0v) is 16.6. The van der Waals surface area contributed by atoms with E-state index >= 15 is 8.78 Å². The van der Waals surface area contributed by atoms with E-state index in [1.165, 1.54) is 17.0 Å². The molecule has 1 saturated carbocycles. The molecule has 31 heavy (non-hydrogen) atoms. The number of H-pyrrole nitrogens is 1. The van der Waals surface area contributed by atoms with Crippen molar-refractivity contribution in [1.82, 2.24) is 15.1 Å². The van der Waals surface area contributed by atoms with Gasteiger partial charge in [0.25, 0.3) is 0 Å². The number of β-lactam (4-membered cyclic amide) rings is 1. The minimum absolute atomic E-state index is 0.0822. The van der Waals surface area contributed by atoms with Gasteiger partial charge >= 0.3 is 0 Å². The van der Waals surface area contributed by atoms with Crippen LogP contribution >= 0.6 is 0 Å². The number of imidazole rings is 1. The third-order valence-electron chi connectivity index (χ3n) is 6.24. The Morgan fingerprint density at radius 1 is 1.13 bits per heavy atom. The molecule has 156 valence electrons. The van der Waals surface area contributed by atoms with Gasteiger partial charge in [0.2, 0.25) is 5.91 Å². The standard InChI is InChI=1S/C23H18F2N4O2/c1-11-6-19(31-28-11)13-7-15(24)21(16(25)8-13)22-20(12-2-3-12)23(30)29(22)14-4-5-17-18(9-14)27-10-26-17/h4-10,12,20,22H,2-3H2,1H3,(H,26,27). The summed E-state index contributed by atoms with van der Waals surface area (Å²) in [5.41, 5.74) is 2.93. The Hall–Kier alpha value is -3.55. The van der Waals surface area contributed by atoms with Gasteiger partial charge in [-0.15, -0.1) is 0 Å². The molecule has 1 aliphatic carbocycles. The first kappa shape index (κ1) is 18.2. The van der Waals surface area contributed by atoms with E-state index in [1.807, 2.05) is 0 Å². The van der Waals surface area contributed by atoms with Crippen LogP contribution in [-0.4, -0.2) is 21.0 Å². The van der Waals surface area contributed by atoms with Crippen LogP contribution in [0.1, 0.15) is 30.1 Å². The Labute approximate surface area is 175 Å². The van der Waals surface area contributed by atoms with Crippen molar-refractivity contribution in [3.8, 4) is 11.3 Å². The van der Waals surface area contributed by atoms with Gasteiger partial charge in [0.05, 0.1) is 35.0 Å². The van der Waals surface area contributed by atoms with E-state index in [-0.39, 0.29) is 23.0 Å². The lowest BCUT2D eigenvalue weighted by atomic mass is 9.78. The highest BCUT2D eigenvalue weighted by molar-refractivity contribution is 6.04. The zero-order chi connectivity index (χ0) is 21.3. The number of aromatic nitrogens is 3. The molecule has 0 bridgehead atoms. The SMILES string of the molecule is Cc1cc(-c2cc(F)c(C3C(C4CC4)C(=O)N3c3ccc4nc[nH]c4c3)c(F)c2)on1. The number of carbonyl (C=O) groups is 1. The third kappa shape index (κ3) is 2.78. The molecule has 4 aromatic rings. The monoisotopic (exact) mass is 420 g/mol. The minimum atomic E-state index is -0.695. The molecule has 0 radical (unpaired) electrons. The molecule has 0 spiro atoms. The molecular formula is C23H18F2N4O2. The number of nitrogens with one attached hydrogen (secondary N) is 1. The van der Waals surface area contributed by atoms with Crippen LogP contribution in [0.15, 0.2) is 47.2 Å². The highest BCUT2D eigenvalue weighted by Gasteiger charge is 2.56. The summed E-state index contributed by atoms with van der Waals surface area (Å²) in [6.45, 7) is 1.74. The molecule has 2 aromatic carbocycles. The summed E-state index contributed by atoms with van der Waals surface area (Å²) in [6.07, 6.45) is 3.37. The highest BCUT2D eigenvalue weighted by atomic mass is 19.1. The summed E-state index contributed by atoms with van der Waals surface area (Å²) in [7, 11) is 0. The molecule has 2 aromatic heterocycles. The van der Waals surface area contributed by atoms with Gasteiger partial charge in [-0.1, -0.05) is 5.16 Å². The summed E-state index contributed by atoms with van der Waals surface area (Å²) in [6, 6.07) is 8.78. The van der Waals surface area contributed by atoms with Gasteiger partial charge in [-0.2, -0.15) is 0 Å². The maximum Gasteiger partial charge on any atom is 0.233 e. The van der Waals surface area contributed by atoms with Gasteiger partial charge in [0.15, 0.2) is 5.76 Å². The summed E-state index contributed by atoms with van der Waals surface area (Å²) < 4.78 is 35.7. The van der Waals surface area contributed by atoms with Gasteiger partial charge in [-0.05, 0) is 56.0 Å². The lowest BCUT2D eigenvalue weighted by Crippen LogP contribution is -2.56. The first-order valence-corrected chi connectivity index (χ1v) is 10.2. The lowest BCUT2D eigenvalue weighted by Gasteiger charge is -2.48. The van der Waals surface area contributed by atoms with Crippen molar-refractivity contribution in [1.29, 1.82) is 0 Å². The molecule has 1 amide bonds. The largest absolute Gasteiger partial charge is 0.356 e. The number of aromatic amines is 1. The normalized spacial score (nSPS) is 21.0. The first-order valence-electron chi connectivity index (χ1n) is 10.2. The van der Waals surface area contributed by atoms with Crippen LogP contribution in [0.2, 0.25) is 0 Å². The molecule has 2 unspecified atom stereocenters. The second kappa shape index (κ2) is 6.47. The molecular weight excluding hydrogens is 402 g/mol. The average Bonchev–Trinajstić information content (AvgIpc) is 3.26. The Bertz CT molecular complexity index is 1320. The van der Waals surface area contributed by atoms with Crippen molar-refractivity contribution in [2.45, 2.75) is 25.8 Å². The van der Waals surface area contributed by atoms with E-state index in [0.29, 0.717) is 17.1 Å². The van der Waals surface area contributed by atoms with Crippen molar-refractivity contribution in [2.75, 3.05) is 4.90 Å².